The first-order valence-electron chi connectivity index (χ1n) is 10.7. The summed E-state index contributed by atoms with van der Waals surface area (Å²) in [6, 6.07) is 6.05. The van der Waals surface area contributed by atoms with E-state index in [4.69, 9.17) is 4.74 Å². The van der Waals surface area contributed by atoms with E-state index < -0.39 is 6.10 Å². The number of anilines is 1. The standard InChI is InChI=1S/C22H37N3O2.2ClH/c1-17(2)20-8-7-18(3)14-21(20)27-16-19(26)15-24-10-12-25(13-11-24)22-6-4-5-9-23-22;;/h4-6,9,17-21,26H,7-8,10-16H2,1-3H3;2*1H. The fraction of sp³-hybridized carbons (Fsp3) is 0.773. The highest BCUT2D eigenvalue weighted by atomic mass is 35.5. The topological polar surface area (TPSA) is 48.8 Å². The van der Waals surface area contributed by atoms with Crippen LogP contribution >= 0.6 is 24.8 Å². The molecular weight excluding hydrogens is 409 g/mol. The molecule has 7 heteroatoms. The third-order valence-electron chi connectivity index (χ3n) is 6.28. The Balaban J connectivity index is 0.00000210. The first-order chi connectivity index (χ1) is 13.0. The summed E-state index contributed by atoms with van der Waals surface area (Å²) in [4.78, 5) is 9.09. The van der Waals surface area contributed by atoms with Crippen molar-refractivity contribution >= 4 is 30.6 Å². The number of hydrogen-bond donors (Lipinski definition) is 1. The number of aliphatic hydroxyl groups excluding tert-OH is 1. The van der Waals surface area contributed by atoms with Crippen molar-refractivity contribution in [2.45, 2.75) is 52.2 Å². The minimum Gasteiger partial charge on any atom is -0.389 e. The summed E-state index contributed by atoms with van der Waals surface area (Å²) in [6.07, 6.45) is 5.46. The Morgan fingerprint density at radius 1 is 1.14 bits per heavy atom. The Kier molecular flexibility index (Phi) is 11.8. The van der Waals surface area contributed by atoms with Crippen LogP contribution in [0.25, 0.3) is 0 Å². The molecule has 2 heterocycles. The SMILES string of the molecule is CC1CCC(C(C)C)C(OCC(O)CN2CCN(c3ccccn3)CC2)C1.Cl.Cl. The second-order valence-electron chi connectivity index (χ2n) is 8.83. The molecule has 0 aromatic carbocycles. The largest absolute Gasteiger partial charge is 0.389 e. The van der Waals surface area contributed by atoms with Crippen LogP contribution in [0, 0.1) is 17.8 Å². The predicted molar refractivity (Wildman–Crippen MR) is 124 cm³/mol. The number of pyridine rings is 1. The van der Waals surface area contributed by atoms with Gasteiger partial charge in [0.1, 0.15) is 5.82 Å². The van der Waals surface area contributed by atoms with Crippen molar-refractivity contribution in [2.75, 3.05) is 44.2 Å². The number of ether oxygens (including phenoxy) is 1. The lowest BCUT2D eigenvalue weighted by Crippen LogP contribution is -2.49. The van der Waals surface area contributed by atoms with Crippen molar-refractivity contribution in [3.8, 4) is 0 Å². The van der Waals surface area contributed by atoms with Crippen LogP contribution in [0.4, 0.5) is 5.82 Å². The average molecular weight is 448 g/mol. The Morgan fingerprint density at radius 3 is 2.48 bits per heavy atom. The van der Waals surface area contributed by atoms with Gasteiger partial charge < -0.3 is 14.7 Å². The van der Waals surface area contributed by atoms with Crippen LogP contribution < -0.4 is 4.90 Å². The lowest BCUT2D eigenvalue weighted by atomic mass is 9.75. The van der Waals surface area contributed by atoms with E-state index in [9.17, 15) is 5.11 Å². The van der Waals surface area contributed by atoms with Crippen LogP contribution in [0.1, 0.15) is 40.0 Å². The van der Waals surface area contributed by atoms with E-state index in [0.29, 0.717) is 31.1 Å². The monoisotopic (exact) mass is 447 g/mol. The molecule has 1 saturated carbocycles. The van der Waals surface area contributed by atoms with Crippen molar-refractivity contribution in [2.24, 2.45) is 17.8 Å². The minimum absolute atomic E-state index is 0. The quantitative estimate of drug-likeness (QED) is 0.686. The molecule has 168 valence electrons. The number of rotatable bonds is 7. The summed E-state index contributed by atoms with van der Waals surface area (Å²) in [5.74, 6) is 3.07. The first-order valence-corrected chi connectivity index (χ1v) is 10.7. The zero-order valence-corrected chi connectivity index (χ0v) is 19.7. The molecule has 1 saturated heterocycles. The molecule has 1 aliphatic carbocycles. The van der Waals surface area contributed by atoms with Gasteiger partial charge in [-0.15, -0.1) is 24.8 Å². The van der Waals surface area contributed by atoms with Gasteiger partial charge in [0, 0.05) is 38.9 Å². The second-order valence-corrected chi connectivity index (χ2v) is 8.83. The van der Waals surface area contributed by atoms with E-state index in [-0.39, 0.29) is 24.8 Å². The highest BCUT2D eigenvalue weighted by Gasteiger charge is 2.32. The molecule has 4 atom stereocenters. The highest BCUT2D eigenvalue weighted by molar-refractivity contribution is 5.85. The third-order valence-corrected chi connectivity index (χ3v) is 6.28. The summed E-state index contributed by atoms with van der Waals surface area (Å²) in [5.41, 5.74) is 0. The maximum Gasteiger partial charge on any atom is 0.128 e. The Labute approximate surface area is 189 Å². The number of nitrogens with zero attached hydrogens (tertiary/aromatic N) is 3. The number of β-amino-alcohol motifs (C(OH)–C–C–N with tert-alkyl or cyclic N) is 1. The average Bonchev–Trinajstić information content (AvgIpc) is 2.67. The van der Waals surface area contributed by atoms with Crippen molar-refractivity contribution in [3.63, 3.8) is 0 Å². The number of hydrogen-bond acceptors (Lipinski definition) is 5. The molecular formula is C22H39Cl2N3O2. The molecule has 2 fully saturated rings. The summed E-state index contributed by atoms with van der Waals surface area (Å²) in [6.45, 7) is 11.9. The molecule has 1 aromatic heterocycles. The molecule has 0 amide bonds. The van der Waals surface area contributed by atoms with E-state index >= 15 is 0 Å². The van der Waals surface area contributed by atoms with Crippen LogP contribution in [-0.4, -0.2) is 66.5 Å². The van der Waals surface area contributed by atoms with Gasteiger partial charge in [-0.05, 0) is 42.7 Å². The smallest absolute Gasteiger partial charge is 0.128 e. The summed E-state index contributed by atoms with van der Waals surface area (Å²) in [7, 11) is 0. The Hall–Kier alpha value is -0.590. The normalized spacial score (nSPS) is 26.5. The zero-order chi connectivity index (χ0) is 19.2. The van der Waals surface area contributed by atoms with Crippen LogP contribution in [0.15, 0.2) is 24.4 Å². The molecule has 2 aliphatic rings. The van der Waals surface area contributed by atoms with E-state index in [1.807, 2.05) is 18.3 Å². The molecule has 4 unspecified atom stereocenters. The van der Waals surface area contributed by atoms with Crippen LogP contribution in [0.5, 0.6) is 0 Å². The molecule has 29 heavy (non-hydrogen) atoms. The third kappa shape index (κ3) is 7.87. The zero-order valence-electron chi connectivity index (χ0n) is 18.1. The lowest BCUT2D eigenvalue weighted by Gasteiger charge is -2.38. The Bertz CT molecular complexity index is 556. The molecule has 0 spiro atoms. The van der Waals surface area contributed by atoms with Crippen molar-refractivity contribution in [1.82, 2.24) is 9.88 Å². The maximum atomic E-state index is 10.5. The van der Waals surface area contributed by atoms with Crippen LogP contribution in [0.2, 0.25) is 0 Å². The number of piperazine rings is 1. The highest BCUT2D eigenvalue weighted by Crippen LogP contribution is 2.35. The van der Waals surface area contributed by atoms with Gasteiger partial charge >= 0.3 is 0 Å². The van der Waals surface area contributed by atoms with E-state index in [1.165, 1.54) is 12.8 Å². The predicted octanol–water partition coefficient (Wildman–Crippen LogP) is 3.89. The van der Waals surface area contributed by atoms with Crippen molar-refractivity contribution in [1.29, 1.82) is 0 Å². The van der Waals surface area contributed by atoms with Crippen LogP contribution in [-0.2, 0) is 4.74 Å². The van der Waals surface area contributed by atoms with Gasteiger partial charge in [0.2, 0.25) is 0 Å². The molecule has 1 N–H and O–H groups in total. The molecule has 3 rings (SSSR count). The second kappa shape index (κ2) is 13.0. The lowest BCUT2D eigenvalue weighted by molar-refractivity contribution is -0.0740. The van der Waals surface area contributed by atoms with Gasteiger partial charge in [-0.3, -0.25) is 4.90 Å². The van der Waals surface area contributed by atoms with Gasteiger partial charge in [-0.25, -0.2) is 4.98 Å². The molecule has 5 nitrogen and oxygen atoms in total. The van der Waals surface area contributed by atoms with Crippen molar-refractivity contribution < 1.29 is 9.84 Å². The molecule has 1 aliphatic heterocycles. The van der Waals surface area contributed by atoms with E-state index in [0.717, 1.165) is 44.3 Å². The minimum atomic E-state index is -0.406. The number of halogens is 2. The molecule has 1 aromatic rings. The number of aliphatic hydroxyl groups is 1. The molecule has 0 bridgehead atoms. The van der Waals surface area contributed by atoms with Gasteiger partial charge in [0.25, 0.3) is 0 Å². The Morgan fingerprint density at radius 2 is 1.86 bits per heavy atom. The van der Waals surface area contributed by atoms with Gasteiger partial charge in [-0.2, -0.15) is 0 Å². The fourth-order valence-corrected chi connectivity index (χ4v) is 4.59. The van der Waals surface area contributed by atoms with Gasteiger partial charge in [-0.1, -0.05) is 33.3 Å². The van der Waals surface area contributed by atoms with Crippen LogP contribution in [0.3, 0.4) is 0 Å². The maximum absolute atomic E-state index is 10.5. The van der Waals surface area contributed by atoms with Gasteiger partial charge in [0.05, 0.1) is 18.8 Å². The van der Waals surface area contributed by atoms with Crippen molar-refractivity contribution in [3.05, 3.63) is 24.4 Å². The number of aromatic nitrogens is 1. The van der Waals surface area contributed by atoms with E-state index in [1.54, 1.807) is 0 Å². The summed E-state index contributed by atoms with van der Waals surface area (Å²) in [5, 5.41) is 10.5. The van der Waals surface area contributed by atoms with E-state index in [2.05, 4.69) is 41.6 Å². The fourth-order valence-electron chi connectivity index (χ4n) is 4.59. The summed E-state index contributed by atoms with van der Waals surface area (Å²) < 4.78 is 6.22. The molecule has 0 radical (unpaired) electrons. The summed E-state index contributed by atoms with van der Waals surface area (Å²) >= 11 is 0. The first kappa shape index (κ1) is 26.4. The van der Waals surface area contributed by atoms with Gasteiger partial charge in [0.15, 0.2) is 0 Å².